The van der Waals surface area contributed by atoms with Crippen molar-refractivity contribution >= 4 is 17.2 Å². The Balaban J connectivity index is 1.82. The molecule has 98 valence electrons. The largest absolute Gasteiger partial charge is 0.336 e. The van der Waals surface area contributed by atoms with Crippen molar-refractivity contribution in [1.29, 1.82) is 0 Å². The van der Waals surface area contributed by atoms with E-state index in [4.69, 9.17) is 0 Å². The van der Waals surface area contributed by atoms with E-state index in [1.54, 1.807) is 11.3 Å². The van der Waals surface area contributed by atoms with Crippen LogP contribution in [0.1, 0.15) is 34.1 Å². The molecule has 1 N–H and O–H groups in total. The number of fused-ring (bicyclic) bond motifs is 1. The SMILES string of the molecule is CC1CCc2c(C(=O)N3CCNCC3)csc2C1. The zero-order valence-corrected chi connectivity index (χ0v) is 11.7. The lowest BCUT2D eigenvalue weighted by Crippen LogP contribution is -2.46. The number of rotatable bonds is 1. The summed E-state index contributed by atoms with van der Waals surface area (Å²) in [6, 6.07) is 0. The minimum atomic E-state index is 0.253. The van der Waals surface area contributed by atoms with Gasteiger partial charge in [-0.2, -0.15) is 0 Å². The van der Waals surface area contributed by atoms with Gasteiger partial charge in [-0.3, -0.25) is 4.79 Å². The molecule has 1 aliphatic heterocycles. The van der Waals surface area contributed by atoms with Gasteiger partial charge in [0.2, 0.25) is 0 Å². The molecule has 4 heteroatoms. The minimum Gasteiger partial charge on any atom is -0.336 e. The lowest BCUT2D eigenvalue weighted by atomic mass is 9.88. The minimum absolute atomic E-state index is 0.253. The molecule has 1 fully saturated rings. The van der Waals surface area contributed by atoms with Gasteiger partial charge >= 0.3 is 0 Å². The van der Waals surface area contributed by atoms with E-state index in [9.17, 15) is 4.79 Å². The lowest BCUT2D eigenvalue weighted by molar-refractivity contribution is 0.0735. The van der Waals surface area contributed by atoms with Gasteiger partial charge < -0.3 is 10.2 Å². The first-order valence-electron chi connectivity index (χ1n) is 6.85. The second-order valence-electron chi connectivity index (χ2n) is 5.44. The van der Waals surface area contributed by atoms with Crippen LogP contribution in [-0.2, 0) is 12.8 Å². The fourth-order valence-corrected chi connectivity index (χ4v) is 4.13. The van der Waals surface area contributed by atoms with E-state index in [0.29, 0.717) is 0 Å². The highest BCUT2D eigenvalue weighted by Gasteiger charge is 2.26. The summed E-state index contributed by atoms with van der Waals surface area (Å²) in [5.41, 5.74) is 2.34. The zero-order valence-electron chi connectivity index (χ0n) is 10.9. The molecule has 1 aliphatic carbocycles. The number of nitrogens with one attached hydrogen (secondary N) is 1. The molecule has 2 aliphatic rings. The highest BCUT2D eigenvalue weighted by Crippen LogP contribution is 2.33. The van der Waals surface area contributed by atoms with Gasteiger partial charge in [0, 0.05) is 36.4 Å². The molecule has 2 heterocycles. The summed E-state index contributed by atoms with van der Waals surface area (Å²) >= 11 is 1.78. The van der Waals surface area contributed by atoms with Crippen LogP contribution in [-0.4, -0.2) is 37.0 Å². The molecule has 0 radical (unpaired) electrons. The summed E-state index contributed by atoms with van der Waals surface area (Å²) in [4.78, 5) is 16.0. The molecule has 1 aromatic heterocycles. The quantitative estimate of drug-likeness (QED) is 0.840. The molecule has 1 aromatic rings. The number of hydrogen-bond acceptors (Lipinski definition) is 3. The van der Waals surface area contributed by atoms with Crippen LogP contribution in [0.2, 0.25) is 0 Å². The Morgan fingerprint density at radius 2 is 2.22 bits per heavy atom. The highest BCUT2D eigenvalue weighted by molar-refractivity contribution is 7.10. The molecule has 1 amide bonds. The normalized spacial score (nSPS) is 23.8. The van der Waals surface area contributed by atoms with Crippen molar-refractivity contribution in [2.75, 3.05) is 26.2 Å². The van der Waals surface area contributed by atoms with Crippen molar-refractivity contribution in [3.8, 4) is 0 Å². The van der Waals surface area contributed by atoms with Crippen LogP contribution in [0.4, 0.5) is 0 Å². The number of carbonyl (C=O) groups is 1. The first-order chi connectivity index (χ1) is 8.75. The Morgan fingerprint density at radius 1 is 1.44 bits per heavy atom. The van der Waals surface area contributed by atoms with Gasteiger partial charge in [-0.15, -0.1) is 11.3 Å². The summed E-state index contributed by atoms with van der Waals surface area (Å²) < 4.78 is 0. The molecule has 18 heavy (non-hydrogen) atoms. The zero-order chi connectivity index (χ0) is 12.5. The van der Waals surface area contributed by atoms with Gasteiger partial charge in [0.25, 0.3) is 5.91 Å². The Bertz CT molecular complexity index is 449. The topological polar surface area (TPSA) is 32.3 Å². The van der Waals surface area contributed by atoms with Crippen LogP contribution < -0.4 is 5.32 Å². The van der Waals surface area contributed by atoms with Crippen molar-refractivity contribution in [2.45, 2.75) is 26.2 Å². The van der Waals surface area contributed by atoms with Gasteiger partial charge in [0.05, 0.1) is 5.56 Å². The van der Waals surface area contributed by atoms with Crippen molar-refractivity contribution in [1.82, 2.24) is 10.2 Å². The third-order valence-electron chi connectivity index (χ3n) is 4.04. The molecule has 0 saturated carbocycles. The molecule has 3 rings (SSSR count). The van der Waals surface area contributed by atoms with Gasteiger partial charge in [-0.05, 0) is 30.7 Å². The van der Waals surface area contributed by atoms with E-state index < -0.39 is 0 Å². The van der Waals surface area contributed by atoms with Gasteiger partial charge in [-0.1, -0.05) is 6.92 Å². The van der Waals surface area contributed by atoms with Crippen molar-refractivity contribution in [2.24, 2.45) is 5.92 Å². The van der Waals surface area contributed by atoms with Crippen LogP contribution in [0.15, 0.2) is 5.38 Å². The average Bonchev–Trinajstić information content (AvgIpc) is 2.81. The summed E-state index contributed by atoms with van der Waals surface area (Å²) in [5.74, 6) is 1.03. The standard InChI is InChI=1S/C14H20N2OS/c1-10-2-3-11-12(9-18-13(11)8-10)14(17)16-6-4-15-5-7-16/h9-10,15H,2-8H2,1H3. The number of thiophene rings is 1. The van der Waals surface area contributed by atoms with Crippen LogP contribution in [0.5, 0.6) is 0 Å². The number of nitrogens with zero attached hydrogens (tertiary/aromatic N) is 1. The highest BCUT2D eigenvalue weighted by atomic mass is 32.1. The number of carbonyl (C=O) groups excluding carboxylic acids is 1. The molecule has 3 nitrogen and oxygen atoms in total. The Morgan fingerprint density at radius 3 is 3.00 bits per heavy atom. The fraction of sp³-hybridized carbons (Fsp3) is 0.643. The lowest BCUT2D eigenvalue weighted by Gasteiger charge is -2.28. The van der Waals surface area contributed by atoms with E-state index >= 15 is 0 Å². The van der Waals surface area contributed by atoms with E-state index in [2.05, 4.69) is 17.6 Å². The fourth-order valence-electron chi connectivity index (χ4n) is 2.89. The summed E-state index contributed by atoms with van der Waals surface area (Å²) in [7, 11) is 0. The third kappa shape index (κ3) is 2.19. The smallest absolute Gasteiger partial charge is 0.255 e. The number of amides is 1. The van der Waals surface area contributed by atoms with Gasteiger partial charge in [0.15, 0.2) is 0 Å². The average molecular weight is 264 g/mol. The molecular formula is C14H20N2OS. The van der Waals surface area contributed by atoms with Crippen molar-refractivity contribution in [3.05, 3.63) is 21.4 Å². The number of piperazine rings is 1. The Hall–Kier alpha value is -0.870. The van der Waals surface area contributed by atoms with E-state index in [1.165, 1.54) is 16.9 Å². The maximum atomic E-state index is 12.5. The monoisotopic (exact) mass is 264 g/mol. The molecule has 0 aromatic carbocycles. The summed E-state index contributed by atoms with van der Waals surface area (Å²) in [5, 5.41) is 5.38. The summed E-state index contributed by atoms with van der Waals surface area (Å²) in [6.07, 6.45) is 3.48. The van der Waals surface area contributed by atoms with E-state index in [1.807, 2.05) is 4.90 Å². The van der Waals surface area contributed by atoms with E-state index in [0.717, 1.165) is 50.5 Å². The maximum absolute atomic E-state index is 12.5. The van der Waals surface area contributed by atoms with E-state index in [-0.39, 0.29) is 5.91 Å². The van der Waals surface area contributed by atoms with Crippen molar-refractivity contribution in [3.63, 3.8) is 0 Å². The molecule has 1 unspecified atom stereocenters. The van der Waals surface area contributed by atoms with Crippen molar-refractivity contribution < 1.29 is 4.79 Å². The second kappa shape index (κ2) is 5.02. The van der Waals surface area contributed by atoms with Crippen LogP contribution in [0, 0.1) is 5.92 Å². The first-order valence-corrected chi connectivity index (χ1v) is 7.73. The maximum Gasteiger partial charge on any atom is 0.255 e. The molecule has 1 atom stereocenters. The first kappa shape index (κ1) is 12.2. The molecular weight excluding hydrogens is 244 g/mol. The van der Waals surface area contributed by atoms with Gasteiger partial charge in [0.1, 0.15) is 0 Å². The Kier molecular flexibility index (Phi) is 3.39. The predicted molar refractivity (Wildman–Crippen MR) is 74.3 cm³/mol. The van der Waals surface area contributed by atoms with Crippen LogP contribution in [0.3, 0.4) is 0 Å². The third-order valence-corrected chi connectivity index (χ3v) is 5.09. The van der Waals surface area contributed by atoms with Gasteiger partial charge in [-0.25, -0.2) is 0 Å². The predicted octanol–water partition coefficient (Wildman–Crippen LogP) is 1.92. The molecule has 0 bridgehead atoms. The van der Waals surface area contributed by atoms with Crippen LogP contribution in [0.25, 0.3) is 0 Å². The number of hydrogen-bond donors (Lipinski definition) is 1. The Labute approximate surface area is 112 Å². The second-order valence-corrected chi connectivity index (χ2v) is 6.41. The van der Waals surface area contributed by atoms with Crippen LogP contribution >= 0.6 is 11.3 Å². The summed E-state index contributed by atoms with van der Waals surface area (Å²) in [6.45, 7) is 5.85. The molecule has 1 saturated heterocycles. The molecule has 0 spiro atoms.